The van der Waals surface area contributed by atoms with Crippen molar-refractivity contribution in [2.75, 3.05) is 6.54 Å². The lowest BCUT2D eigenvalue weighted by Gasteiger charge is -2.43. The predicted octanol–water partition coefficient (Wildman–Crippen LogP) is 3.56. The van der Waals surface area contributed by atoms with Gasteiger partial charge in [0.1, 0.15) is 18.8 Å². The van der Waals surface area contributed by atoms with Gasteiger partial charge in [-0.05, 0) is 41.5 Å². The number of aliphatic hydroxyl groups is 3. The van der Waals surface area contributed by atoms with E-state index in [1.54, 1.807) is 0 Å². The Hall–Kier alpha value is -3.87. The van der Waals surface area contributed by atoms with Crippen molar-refractivity contribution in [3.63, 3.8) is 0 Å². The van der Waals surface area contributed by atoms with Crippen LogP contribution in [-0.2, 0) is 27.4 Å². The maximum atomic E-state index is 13.2. The topological polar surface area (TPSA) is 206 Å². The van der Waals surface area contributed by atoms with E-state index in [0.717, 1.165) is 11.1 Å². The van der Waals surface area contributed by atoms with E-state index in [1.807, 2.05) is 60.7 Å². The molecule has 1 saturated heterocycles. The van der Waals surface area contributed by atoms with Gasteiger partial charge >= 0.3 is 6.09 Å². The average molecular weight is 568 g/mol. The Balaban J connectivity index is 1.45. The molecule has 0 radical (unpaired) electrons. The normalized spacial score (nSPS) is 29.4. The number of rotatable bonds is 10. The Morgan fingerprint density at radius 3 is 2.22 bits per heavy atom. The molecule has 8 atom stereocenters. The smallest absolute Gasteiger partial charge is 0.410 e. The second-order valence-electron chi connectivity index (χ2n) is 10.0. The Kier molecular flexibility index (Phi) is 10.8. The first-order valence-corrected chi connectivity index (χ1v) is 13.3. The van der Waals surface area contributed by atoms with Crippen LogP contribution in [0.25, 0.3) is 20.9 Å². The summed E-state index contributed by atoms with van der Waals surface area (Å²) < 4.78 is 17.5. The van der Waals surface area contributed by atoms with Crippen molar-refractivity contribution in [3.05, 3.63) is 92.7 Å². The molecule has 2 fully saturated rings. The Labute approximate surface area is 236 Å². The van der Waals surface area contributed by atoms with Crippen LogP contribution in [0.5, 0.6) is 0 Å². The molecule has 2 aromatic carbocycles. The number of ether oxygens (including phenoxy) is 3. The van der Waals surface area contributed by atoms with E-state index in [1.165, 1.54) is 4.90 Å². The molecule has 1 aliphatic carbocycles. The molecule has 1 aliphatic heterocycles. The lowest BCUT2D eigenvalue weighted by molar-refractivity contribution is -0.280. The molecular weight excluding hydrogens is 534 g/mol. The van der Waals surface area contributed by atoms with Crippen LogP contribution in [0, 0.1) is 0 Å². The highest BCUT2D eigenvalue weighted by Gasteiger charge is 2.46. The number of nitrogens with zero attached hydrogens (tertiary/aromatic N) is 7. The first kappa shape index (κ1) is 30.1. The third kappa shape index (κ3) is 8.09. The molecule has 1 amide bonds. The molecule has 1 saturated carbocycles. The van der Waals surface area contributed by atoms with Gasteiger partial charge in [0.2, 0.25) is 0 Å². The second kappa shape index (κ2) is 14.7. The SMILES string of the molecule is [N-]=[N+]=N[C@H]1C[C@@H](N=[N+]=[N-])[C@H](O)[C@@H](O)[C@@H]1O[C@H]1O[C@H](CN(Cc2ccccc2)C(=O)OCc2ccccc2)CC[C@H]1O. The van der Waals surface area contributed by atoms with Crippen molar-refractivity contribution < 1.29 is 34.3 Å². The number of amides is 1. The molecule has 14 heteroatoms. The van der Waals surface area contributed by atoms with Crippen LogP contribution in [0.4, 0.5) is 4.79 Å². The molecule has 1 heterocycles. The summed E-state index contributed by atoms with van der Waals surface area (Å²) >= 11 is 0. The summed E-state index contributed by atoms with van der Waals surface area (Å²) in [6.07, 6.45) is -7.09. The van der Waals surface area contributed by atoms with E-state index in [-0.39, 0.29) is 32.5 Å². The second-order valence-corrected chi connectivity index (χ2v) is 10.0. The van der Waals surface area contributed by atoms with Crippen molar-refractivity contribution in [3.8, 4) is 0 Å². The summed E-state index contributed by atoms with van der Waals surface area (Å²) in [5, 5.41) is 38.9. The lowest BCUT2D eigenvalue weighted by atomic mass is 9.84. The third-order valence-electron chi connectivity index (χ3n) is 7.16. The monoisotopic (exact) mass is 567 g/mol. The average Bonchev–Trinajstić information content (AvgIpc) is 2.99. The molecule has 2 aliphatic rings. The minimum Gasteiger partial charge on any atom is -0.445 e. The van der Waals surface area contributed by atoms with E-state index < -0.39 is 55.0 Å². The molecular formula is C27H33N7O7. The number of azide groups is 2. The van der Waals surface area contributed by atoms with E-state index in [2.05, 4.69) is 20.1 Å². The molecule has 0 spiro atoms. The zero-order valence-corrected chi connectivity index (χ0v) is 22.2. The van der Waals surface area contributed by atoms with Gasteiger partial charge in [0.15, 0.2) is 6.29 Å². The van der Waals surface area contributed by atoms with E-state index in [4.69, 9.17) is 25.3 Å². The van der Waals surface area contributed by atoms with Gasteiger partial charge in [0.25, 0.3) is 0 Å². The van der Waals surface area contributed by atoms with Gasteiger partial charge in [0.05, 0.1) is 36.9 Å². The van der Waals surface area contributed by atoms with Crippen molar-refractivity contribution >= 4 is 6.09 Å². The highest BCUT2D eigenvalue weighted by Crippen LogP contribution is 2.31. The minimum atomic E-state index is -1.58. The minimum absolute atomic E-state index is 0.0681. The molecule has 41 heavy (non-hydrogen) atoms. The number of carbonyl (C=O) groups is 1. The highest BCUT2D eigenvalue weighted by atomic mass is 16.7. The lowest BCUT2D eigenvalue weighted by Crippen LogP contribution is -2.58. The van der Waals surface area contributed by atoms with Crippen LogP contribution in [0.1, 0.15) is 30.4 Å². The number of hydrogen-bond donors (Lipinski definition) is 3. The third-order valence-corrected chi connectivity index (χ3v) is 7.16. The summed E-state index contributed by atoms with van der Waals surface area (Å²) in [7, 11) is 0. The fourth-order valence-electron chi connectivity index (χ4n) is 5.02. The summed E-state index contributed by atoms with van der Waals surface area (Å²) in [4.78, 5) is 20.1. The van der Waals surface area contributed by atoms with Crippen molar-refractivity contribution in [2.45, 2.75) is 81.3 Å². The number of hydrogen-bond acceptors (Lipinski definition) is 9. The standard InChI is InChI=1S/C27H33N7O7/c28-32-30-20-13-21(31-33-29)25(24(37)23(20)36)41-26-22(35)12-11-19(40-26)15-34(14-17-7-3-1-4-8-17)27(38)39-16-18-9-5-2-6-10-18/h1-10,19-26,35-37H,11-16H2/t19-,20+,21-,22+,23-,24+,25+,26+/m0/s1. The summed E-state index contributed by atoms with van der Waals surface area (Å²) in [6, 6.07) is 16.7. The fourth-order valence-corrected chi connectivity index (χ4v) is 5.02. The van der Waals surface area contributed by atoms with Crippen molar-refractivity contribution in [2.24, 2.45) is 10.2 Å². The highest BCUT2D eigenvalue weighted by molar-refractivity contribution is 5.67. The van der Waals surface area contributed by atoms with E-state index >= 15 is 0 Å². The van der Waals surface area contributed by atoms with Gasteiger partial charge in [-0.3, -0.25) is 0 Å². The van der Waals surface area contributed by atoms with Gasteiger partial charge in [-0.2, -0.15) is 0 Å². The number of carbonyl (C=O) groups excluding carboxylic acids is 1. The molecule has 0 unspecified atom stereocenters. The van der Waals surface area contributed by atoms with Gasteiger partial charge in [0, 0.05) is 16.4 Å². The molecule has 14 nitrogen and oxygen atoms in total. The van der Waals surface area contributed by atoms with Crippen molar-refractivity contribution in [1.82, 2.24) is 4.90 Å². The maximum Gasteiger partial charge on any atom is 0.410 e. The van der Waals surface area contributed by atoms with Crippen LogP contribution >= 0.6 is 0 Å². The zero-order chi connectivity index (χ0) is 29.2. The molecule has 4 rings (SSSR count). The summed E-state index contributed by atoms with van der Waals surface area (Å²) in [5.41, 5.74) is 19.5. The molecule has 3 N–H and O–H groups in total. The summed E-state index contributed by atoms with van der Waals surface area (Å²) in [5.74, 6) is 0. The van der Waals surface area contributed by atoms with Crippen LogP contribution < -0.4 is 0 Å². The molecule has 2 aromatic rings. The maximum absolute atomic E-state index is 13.2. The van der Waals surface area contributed by atoms with E-state index in [9.17, 15) is 20.1 Å². The van der Waals surface area contributed by atoms with Gasteiger partial charge < -0.3 is 34.4 Å². The summed E-state index contributed by atoms with van der Waals surface area (Å²) in [6.45, 7) is 0.486. The largest absolute Gasteiger partial charge is 0.445 e. The van der Waals surface area contributed by atoms with Gasteiger partial charge in [-0.1, -0.05) is 70.9 Å². The Morgan fingerprint density at radius 1 is 0.927 bits per heavy atom. The molecule has 0 aromatic heterocycles. The van der Waals surface area contributed by atoms with Crippen LogP contribution in [0.2, 0.25) is 0 Å². The van der Waals surface area contributed by atoms with Crippen LogP contribution in [-0.4, -0.2) is 81.8 Å². The quantitative estimate of drug-likeness (QED) is 0.221. The first-order chi connectivity index (χ1) is 19.9. The van der Waals surface area contributed by atoms with Gasteiger partial charge in [-0.25, -0.2) is 4.79 Å². The fraction of sp³-hybridized carbons (Fsp3) is 0.519. The number of aliphatic hydroxyl groups excluding tert-OH is 3. The predicted molar refractivity (Wildman–Crippen MR) is 145 cm³/mol. The van der Waals surface area contributed by atoms with E-state index in [0.29, 0.717) is 6.42 Å². The Bertz CT molecular complexity index is 1230. The van der Waals surface area contributed by atoms with Crippen LogP contribution in [0.3, 0.4) is 0 Å². The number of benzene rings is 2. The van der Waals surface area contributed by atoms with Gasteiger partial charge in [-0.15, -0.1) is 0 Å². The molecule has 0 bridgehead atoms. The zero-order valence-electron chi connectivity index (χ0n) is 22.2. The molecule has 218 valence electrons. The Morgan fingerprint density at radius 2 is 1.56 bits per heavy atom. The van der Waals surface area contributed by atoms with Crippen molar-refractivity contribution in [1.29, 1.82) is 0 Å². The van der Waals surface area contributed by atoms with Crippen LogP contribution in [0.15, 0.2) is 70.9 Å². The first-order valence-electron chi connectivity index (χ1n) is 13.3.